The fourth-order valence-corrected chi connectivity index (χ4v) is 6.55. The van der Waals surface area contributed by atoms with Gasteiger partial charge in [-0.3, -0.25) is 14.4 Å². The second kappa shape index (κ2) is 7.52. The number of rotatable bonds is 7. The molecule has 4 aliphatic rings. The van der Waals surface area contributed by atoms with Gasteiger partial charge in [-0.2, -0.15) is 0 Å². The van der Waals surface area contributed by atoms with Crippen molar-refractivity contribution < 1.29 is 29.0 Å². The van der Waals surface area contributed by atoms with E-state index in [0.717, 1.165) is 43.5 Å². The van der Waals surface area contributed by atoms with Crippen LogP contribution in [0.5, 0.6) is 0 Å². The number of Topliss-reactive ketones (excluding diaryl/α,β-unsaturated/α-hetero) is 1. The van der Waals surface area contributed by atoms with Gasteiger partial charge in [-0.15, -0.1) is 0 Å². The summed E-state index contributed by atoms with van der Waals surface area (Å²) in [6.45, 7) is 3.84. The van der Waals surface area contributed by atoms with Gasteiger partial charge in [0.05, 0.1) is 24.5 Å². The Morgan fingerprint density at radius 2 is 1.83 bits per heavy atom. The molecule has 30 heavy (non-hydrogen) atoms. The van der Waals surface area contributed by atoms with Gasteiger partial charge in [0.1, 0.15) is 0 Å². The lowest BCUT2D eigenvalue weighted by molar-refractivity contribution is -0.195. The molecule has 0 aliphatic heterocycles. The van der Waals surface area contributed by atoms with E-state index in [1.165, 1.54) is 7.11 Å². The van der Waals surface area contributed by atoms with E-state index in [1.807, 2.05) is 18.4 Å². The van der Waals surface area contributed by atoms with Crippen LogP contribution in [0.1, 0.15) is 66.7 Å². The first-order valence-electron chi connectivity index (χ1n) is 10.8. The average Bonchev–Trinajstić information content (AvgIpc) is 2.95. The van der Waals surface area contributed by atoms with Gasteiger partial charge in [0.2, 0.25) is 5.78 Å². The highest BCUT2D eigenvalue weighted by Gasteiger charge is 2.60. The third kappa shape index (κ3) is 3.68. The first-order chi connectivity index (χ1) is 14.1. The molecule has 4 fully saturated rings. The monoisotopic (exact) mass is 417 g/mol. The molecule has 1 aromatic rings. The highest BCUT2D eigenvalue weighted by atomic mass is 16.5. The first-order valence-corrected chi connectivity index (χ1v) is 10.8. The maximum atomic E-state index is 13.0. The first kappa shape index (κ1) is 21.1. The molecule has 0 aromatic carbocycles. The number of aliphatic hydroxyl groups is 1. The normalized spacial score (nSPS) is 31.6. The van der Waals surface area contributed by atoms with Crippen LogP contribution in [0.2, 0.25) is 0 Å². The highest BCUT2D eigenvalue weighted by molar-refractivity contribution is 5.99. The van der Waals surface area contributed by atoms with Crippen molar-refractivity contribution in [1.82, 2.24) is 4.57 Å². The van der Waals surface area contributed by atoms with E-state index in [0.29, 0.717) is 30.4 Å². The second-order valence-electron chi connectivity index (χ2n) is 9.73. The van der Waals surface area contributed by atoms with Crippen LogP contribution in [0.3, 0.4) is 0 Å². The molecule has 1 heterocycles. The smallest absolute Gasteiger partial charge is 0.312 e. The van der Waals surface area contributed by atoms with Crippen LogP contribution in [0.15, 0.2) is 6.07 Å². The van der Waals surface area contributed by atoms with Crippen molar-refractivity contribution in [1.29, 1.82) is 0 Å². The molecular weight excluding hydrogens is 386 g/mol. The number of nitrogens with zero attached hydrogens (tertiary/aromatic N) is 1. The van der Waals surface area contributed by atoms with Gasteiger partial charge in [0.25, 0.3) is 0 Å². The minimum absolute atomic E-state index is 0.225. The molecule has 4 atom stereocenters. The molecule has 0 spiro atoms. The van der Waals surface area contributed by atoms with Crippen LogP contribution in [-0.2, 0) is 25.6 Å². The van der Waals surface area contributed by atoms with Crippen molar-refractivity contribution in [3.8, 4) is 0 Å². The molecule has 164 valence electrons. The van der Waals surface area contributed by atoms with Crippen molar-refractivity contribution in [2.75, 3.05) is 13.7 Å². The van der Waals surface area contributed by atoms with E-state index in [2.05, 4.69) is 4.74 Å². The standard InChI is InChI=1S/C23H31NO6/c1-14-6-18(15(2)24(14)5-4-20(26)29-3)19(25)12-30-21(27)22-8-16-7-17(9-22)11-23(28,10-16)13-22/h6,16-17,28H,4-5,7-13H2,1-3H3/t16-,17+,22?,23?. The van der Waals surface area contributed by atoms with Crippen molar-refractivity contribution >= 4 is 17.7 Å². The van der Waals surface area contributed by atoms with Gasteiger partial charge in [-0.25, -0.2) is 0 Å². The van der Waals surface area contributed by atoms with Gasteiger partial charge >= 0.3 is 11.9 Å². The predicted octanol–water partition coefficient (Wildman–Crippen LogP) is 2.73. The zero-order chi connectivity index (χ0) is 21.7. The van der Waals surface area contributed by atoms with Gasteiger partial charge < -0.3 is 19.1 Å². The molecule has 2 unspecified atom stereocenters. The van der Waals surface area contributed by atoms with E-state index in [1.54, 1.807) is 6.07 Å². The zero-order valence-electron chi connectivity index (χ0n) is 18.0. The van der Waals surface area contributed by atoms with Crippen LogP contribution in [0.25, 0.3) is 0 Å². The predicted molar refractivity (Wildman–Crippen MR) is 108 cm³/mol. The van der Waals surface area contributed by atoms with E-state index < -0.39 is 11.0 Å². The summed E-state index contributed by atoms with van der Waals surface area (Å²) in [6, 6.07) is 1.77. The largest absolute Gasteiger partial charge is 0.469 e. The molecular formula is C23H31NO6. The van der Waals surface area contributed by atoms with E-state index in [-0.39, 0.29) is 30.7 Å². The topological polar surface area (TPSA) is 94.8 Å². The molecule has 4 saturated carbocycles. The van der Waals surface area contributed by atoms with Crippen molar-refractivity contribution in [3.63, 3.8) is 0 Å². The van der Waals surface area contributed by atoms with Crippen molar-refractivity contribution in [2.45, 2.75) is 70.9 Å². The van der Waals surface area contributed by atoms with Crippen LogP contribution < -0.4 is 0 Å². The number of ketones is 1. The molecule has 1 aromatic heterocycles. The number of hydrogen-bond donors (Lipinski definition) is 1. The fourth-order valence-electron chi connectivity index (χ4n) is 6.55. The number of aromatic nitrogens is 1. The molecule has 0 radical (unpaired) electrons. The summed E-state index contributed by atoms with van der Waals surface area (Å²) in [5.41, 5.74) is 0.763. The zero-order valence-corrected chi connectivity index (χ0v) is 18.0. The lowest BCUT2D eigenvalue weighted by Crippen LogP contribution is -2.58. The molecule has 5 rings (SSSR count). The molecule has 1 N–H and O–H groups in total. The van der Waals surface area contributed by atoms with Crippen LogP contribution in [0.4, 0.5) is 0 Å². The number of esters is 2. The summed E-state index contributed by atoms with van der Waals surface area (Å²) >= 11 is 0. The Bertz CT molecular complexity index is 870. The number of carbonyl (C=O) groups is 3. The quantitative estimate of drug-likeness (QED) is 0.541. The van der Waals surface area contributed by atoms with Gasteiger partial charge in [0.15, 0.2) is 6.61 Å². The highest BCUT2D eigenvalue weighted by Crippen LogP contribution is 2.61. The molecule has 7 heteroatoms. The van der Waals surface area contributed by atoms with Gasteiger partial charge in [-0.1, -0.05) is 0 Å². The van der Waals surface area contributed by atoms with Crippen molar-refractivity contribution in [3.05, 3.63) is 23.0 Å². The Morgan fingerprint density at radius 1 is 1.17 bits per heavy atom. The maximum absolute atomic E-state index is 13.0. The molecule has 4 bridgehead atoms. The number of methoxy groups -OCH3 is 1. The van der Waals surface area contributed by atoms with Gasteiger partial charge in [0, 0.05) is 23.5 Å². The number of carbonyl (C=O) groups excluding carboxylic acids is 3. The Labute approximate surface area is 176 Å². The van der Waals surface area contributed by atoms with E-state index in [9.17, 15) is 19.5 Å². The summed E-state index contributed by atoms with van der Waals surface area (Å²) in [5.74, 6) is -0.116. The Kier molecular flexibility index (Phi) is 5.29. The second-order valence-corrected chi connectivity index (χ2v) is 9.73. The molecule has 0 saturated heterocycles. The summed E-state index contributed by atoms with van der Waals surface area (Å²) in [5, 5.41) is 10.8. The van der Waals surface area contributed by atoms with E-state index >= 15 is 0 Å². The third-order valence-corrected chi connectivity index (χ3v) is 7.44. The lowest BCUT2D eigenvalue weighted by Gasteiger charge is -2.58. The molecule has 0 amide bonds. The molecule has 7 nitrogen and oxygen atoms in total. The minimum Gasteiger partial charge on any atom is -0.469 e. The van der Waals surface area contributed by atoms with Crippen LogP contribution in [-0.4, -0.2) is 46.7 Å². The maximum Gasteiger partial charge on any atom is 0.312 e. The summed E-state index contributed by atoms with van der Waals surface area (Å²) in [7, 11) is 1.35. The van der Waals surface area contributed by atoms with Crippen molar-refractivity contribution in [2.24, 2.45) is 17.3 Å². The Balaban J connectivity index is 1.40. The Morgan fingerprint density at radius 3 is 2.43 bits per heavy atom. The third-order valence-electron chi connectivity index (χ3n) is 7.44. The number of hydrogen-bond acceptors (Lipinski definition) is 6. The minimum atomic E-state index is -0.738. The fraction of sp³-hybridized carbons (Fsp3) is 0.696. The SMILES string of the molecule is COC(=O)CCn1c(C)cc(C(=O)COC(=O)C23C[C@@H]4C[C@@H](CC(O)(C4)C2)C3)c1C. The van der Waals surface area contributed by atoms with E-state index in [4.69, 9.17) is 4.74 Å². The van der Waals surface area contributed by atoms with Crippen LogP contribution >= 0.6 is 0 Å². The number of ether oxygens (including phenoxy) is 2. The summed E-state index contributed by atoms with van der Waals surface area (Å²) in [4.78, 5) is 37.2. The molecule has 4 aliphatic carbocycles. The summed E-state index contributed by atoms with van der Waals surface area (Å²) in [6.07, 6.45) is 4.88. The van der Waals surface area contributed by atoms with Gasteiger partial charge in [-0.05, 0) is 70.3 Å². The summed E-state index contributed by atoms with van der Waals surface area (Å²) < 4.78 is 12.1. The lowest BCUT2D eigenvalue weighted by atomic mass is 9.48. The Hall–Kier alpha value is -2.15. The average molecular weight is 418 g/mol. The van der Waals surface area contributed by atoms with Crippen LogP contribution in [0, 0.1) is 31.1 Å². The number of aryl methyl sites for hydroxylation is 1.